The van der Waals surface area contributed by atoms with Crippen LogP contribution in [0.2, 0.25) is 0 Å². The first-order valence-corrected chi connectivity index (χ1v) is 3.40. The van der Waals surface area contributed by atoms with Crippen molar-refractivity contribution >= 4 is 12.4 Å². The lowest BCUT2D eigenvalue weighted by Crippen LogP contribution is -2.18. The van der Waals surface area contributed by atoms with E-state index in [1.807, 2.05) is 0 Å². The van der Waals surface area contributed by atoms with Crippen LogP contribution in [0.25, 0.3) is 0 Å². The standard InChI is InChI=1S/C8H8F3N.ClH/c9-6-3-1-2-5(4-6)7(12)8(10)11;/h1-4,7-8H,12H2;1H/t7-;/m0./s1. The Morgan fingerprint density at radius 1 is 1.23 bits per heavy atom. The van der Waals surface area contributed by atoms with Gasteiger partial charge in [-0.25, -0.2) is 13.2 Å². The molecule has 0 heterocycles. The van der Waals surface area contributed by atoms with E-state index >= 15 is 0 Å². The second-order valence-corrected chi connectivity index (χ2v) is 2.42. The summed E-state index contributed by atoms with van der Waals surface area (Å²) in [6.07, 6.45) is -2.66. The number of halogens is 4. The molecule has 13 heavy (non-hydrogen) atoms. The maximum atomic E-state index is 12.5. The van der Waals surface area contributed by atoms with Crippen LogP contribution in [0.5, 0.6) is 0 Å². The minimum absolute atomic E-state index is 0. The predicted molar refractivity (Wildman–Crippen MR) is 46.6 cm³/mol. The van der Waals surface area contributed by atoms with Gasteiger partial charge in [0.1, 0.15) is 5.82 Å². The second kappa shape index (κ2) is 5.09. The Hall–Kier alpha value is -0.740. The zero-order chi connectivity index (χ0) is 9.14. The van der Waals surface area contributed by atoms with E-state index in [2.05, 4.69) is 0 Å². The van der Waals surface area contributed by atoms with Crippen molar-refractivity contribution < 1.29 is 13.2 Å². The highest BCUT2D eigenvalue weighted by molar-refractivity contribution is 5.85. The lowest BCUT2D eigenvalue weighted by Gasteiger charge is -2.09. The molecule has 0 fully saturated rings. The molecule has 0 bridgehead atoms. The maximum absolute atomic E-state index is 12.5. The van der Waals surface area contributed by atoms with E-state index < -0.39 is 18.3 Å². The maximum Gasteiger partial charge on any atom is 0.257 e. The zero-order valence-electron chi connectivity index (χ0n) is 6.58. The summed E-state index contributed by atoms with van der Waals surface area (Å²) < 4.78 is 36.5. The highest BCUT2D eigenvalue weighted by Crippen LogP contribution is 2.17. The average Bonchev–Trinajstić information content (AvgIpc) is 2.03. The third kappa shape index (κ3) is 3.24. The number of benzene rings is 1. The molecule has 0 aliphatic heterocycles. The summed E-state index contributed by atoms with van der Waals surface area (Å²) >= 11 is 0. The molecule has 0 radical (unpaired) electrons. The molecule has 0 spiro atoms. The quantitative estimate of drug-likeness (QED) is 0.799. The summed E-state index contributed by atoms with van der Waals surface area (Å²) in [5, 5.41) is 0. The first-order chi connectivity index (χ1) is 5.61. The molecule has 0 aliphatic carbocycles. The van der Waals surface area contributed by atoms with Crippen molar-refractivity contribution in [1.82, 2.24) is 0 Å². The van der Waals surface area contributed by atoms with Crippen molar-refractivity contribution in [2.24, 2.45) is 5.73 Å². The molecule has 0 saturated heterocycles. The van der Waals surface area contributed by atoms with Gasteiger partial charge in [0.15, 0.2) is 0 Å². The van der Waals surface area contributed by atoms with Gasteiger partial charge in [-0.3, -0.25) is 0 Å². The minimum Gasteiger partial charge on any atom is -0.319 e. The summed E-state index contributed by atoms with van der Waals surface area (Å²) in [7, 11) is 0. The number of rotatable bonds is 2. The Morgan fingerprint density at radius 2 is 1.85 bits per heavy atom. The van der Waals surface area contributed by atoms with Crippen molar-refractivity contribution in [2.75, 3.05) is 0 Å². The first kappa shape index (κ1) is 12.3. The molecule has 0 aliphatic rings. The molecule has 1 atom stereocenters. The molecule has 0 unspecified atom stereocenters. The third-order valence-electron chi connectivity index (χ3n) is 1.51. The van der Waals surface area contributed by atoms with E-state index in [9.17, 15) is 13.2 Å². The molecule has 74 valence electrons. The zero-order valence-corrected chi connectivity index (χ0v) is 7.40. The molecule has 5 heteroatoms. The Labute approximate surface area is 80.2 Å². The van der Waals surface area contributed by atoms with Crippen LogP contribution in [-0.2, 0) is 0 Å². The van der Waals surface area contributed by atoms with Crippen LogP contribution in [-0.4, -0.2) is 6.43 Å². The second-order valence-electron chi connectivity index (χ2n) is 2.42. The van der Waals surface area contributed by atoms with E-state index in [1.54, 1.807) is 0 Å². The normalized spacial score (nSPS) is 12.4. The van der Waals surface area contributed by atoms with E-state index in [0.717, 1.165) is 6.07 Å². The highest BCUT2D eigenvalue weighted by Gasteiger charge is 2.17. The van der Waals surface area contributed by atoms with Crippen LogP contribution in [0.15, 0.2) is 24.3 Å². The summed E-state index contributed by atoms with van der Waals surface area (Å²) in [4.78, 5) is 0. The van der Waals surface area contributed by atoms with Crippen molar-refractivity contribution in [2.45, 2.75) is 12.5 Å². The number of hydrogen-bond acceptors (Lipinski definition) is 1. The van der Waals surface area contributed by atoms with Crippen LogP contribution < -0.4 is 5.73 Å². The largest absolute Gasteiger partial charge is 0.319 e. The summed E-state index contributed by atoms with van der Waals surface area (Å²) in [6, 6.07) is 3.52. The number of hydrogen-bond donors (Lipinski definition) is 1. The van der Waals surface area contributed by atoms with Crippen LogP contribution in [0, 0.1) is 5.82 Å². The monoisotopic (exact) mass is 211 g/mol. The molecule has 0 aromatic heterocycles. The predicted octanol–water partition coefficient (Wildman–Crippen LogP) is 2.51. The van der Waals surface area contributed by atoms with Gasteiger partial charge in [0.2, 0.25) is 0 Å². The van der Waals surface area contributed by atoms with Crippen molar-refractivity contribution in [1.29, 1.82) is 0 Å². The third-order valence-corrected chi connectivity index (χ3v) is 1.51. The first-order valence-electron chi connectivity index (χ1n) is 3.40. The van der Waals surface area contributed by atoms with Gasteiger partial charge in [-0.05, 0) is 17.7 Å². The molecule has 1 rings (SSSR count). The SMILES string of the molecule is Cl.N[C@@H](c1cccc(F)c1)C(F)F. The van der Waals surface area contributed by atoms with Gasteiger partial charge < -0.3 is 5.73 Å². The van der Waals surface area contributed by atoms with Gasteiger partial charge >= 0.3 is 0 Å². The molecule has 1 aromatic carbocycles. The van der Waals surface area contributed by atoms with Gasteiger partial charge in [-0.2, -0.15) is 0 Å². The van der Waals surface area contributed by atoms with Crippen LogP contribution in [0.3, 0.4) is 0 Å². The molecular formula is C8H9ClF3N. The molecule has 1 aromatic rings. The van der Waals surface area contributed by atoms with Gasteiger partial charge in [0.25, 0.3) is 6.43 Å². The Kier molecular flexibility index (Phi) is 4.80. The Bertz CT molecular complexity index is 267. The topological polar surface area (TPSA) is 26.0 Å². The molecule has 1 nitrogen and oxygen atoms in total. The summed E-state index contributed by atoms with van der Waals surface area (Å²) in [5.41, 5.74) is 5.21. The number of alkyl halides is 2. The van der Waals surface area contributed by atoms with Crippen molar-refractivity contribution in [3.8, 4) is 0 Å². The van der Waals surface area contributed by atoms with Crippen LogP contribution in [0.4, 0.5) is 13.2 Å². The van der Waals surface area contributed by atoms with Crippen molar-refractivity contribution in [3.05, 3.63) is 35.6 Å². The summed E-state index contributed by atoms with van der Waals surface area (Å²) in [5.74, 6) is -0.552. The molecule has 2 N–H and O–H groups in total. The van der Waals surface area contributed by atoms with Gasteiger partial charge in [0, 0.05) is 0 Å². The lowest BCUT2D eigenvalue weighted by atomic mass is 10.1. The fourth-order valence-electron chi connectivity index (χ4n) is 0.859. The van der Waals surface area contributed by atoms with Gasteiger partial charge in [0.05, 0.1) is 6.04 Å². The van der Waals surface area contributed by atoms with Gasteiger partial charge in [-0.15, -0.1) is 12.4 Å². The molecular weight excluding hydrogens is 203 g/mol. The lowest BCUT2D eigenvalue weighted by molar-refractivity contribution is 0.116. The van der Waals surface area contributed by atoms with E-state index in [-0.39, 0.29) is 18.0 Å². The van der Waals surface area contributed by atoms with Crippen LogP contribution >= 0.6 is 12.4 Å². The fraction of sp³-hybridized carbons (Fsp3) is 0.250. The van der Waals surface area contributed by atoms with Gasteiger partial charge in [-0.1, -0.05) is 12.1 Å². The van der Waals surface area contributed by atoms with E-state index in [4.69, 9.17) is 5.73 Å². The molecule has 0 amide bonds. The smallest absolute Gasteiger partial charge is 0.257 e. The number of nitrogens with two attached hydrogens (primary N) is 1. The van der Waals surface area contributed by atoms with Crippen molar-refractivity contribution in [3.63, 3.8) is 0 Å². The highest BCUT2D eigenvalue weighted by atomic mass is 35.5. The minimum atomic E-state index is -2.66. The Balaban J connectivity index is 0.00000144. The fourth-order valence-corrected chi connectivity index (χ4v) is 0.859. The van der Waals surface area contributed by atoms with E-state index in [1.165, 1.54) is 18.2 Å². The molecule has 0 saturated carbocycles. The average molecular weight is 212 g/mol. The van der Waals surface area contributed by atoms with E-state index in [0.29, 0.717) is 0 Å². The summed E-state index contributed by atoms with van der Waals surface area (Å²) in [6.45, 7) is 0. The van der Waals surface area contributed by atoms with Crippen LogP contribution in [0.1, 0.15) is 11.6 Å². The Morgan fingerprint density at radius 3 is 2.31 bits per heavy atom.